The third-order valence-corrected chi connectivity index (χ3v) is 4.67. The van der Waals surface area contributed by atoms with Crippen molar-refractivity contribution >= 4 is 46.7 Å². The van der Waals surface area contributed by atoms with Crippen LogP contribution in [-0.2, 0) is 11.3 Å². The standard InChI is InChI=1S/C22H36N6O.HI/c1-6-23-22(24-12-14-28(4)13-9-15-29-5)25-17-18-16-21(27(2)3)26-20-11-8-7-10-19(18)20;/h7-8,10-11,16H,6,9,12-15,17H2,1-5H3,(H2,23,24,25);1H. The highest BCUT2D eigenvalue weighted by atomic mass is 127. The molecule has 0 fully saturated rings. The van der Waals surface area contributed by atoms with Crippen molar-refractivity contribution in [2.24, 2.45) is 4.99 Å². The molecule has 0 amide bonds. The average Bonchev–Trinajstić information content (AvgIpc) is 2.71. The molecule has 0 unspecified atom stereocenters. The molecule has 1 aromatic carbocycles. The predicted molar refractivity (Wildman–Crippen MR) is 138 cm³/mol. The van der Waals surface area contributed by atoms with Gasteiger partial charge in [0.2, 0.25) is 0 Å². The number of likely N-dealkylation sites (N-methyl/N-ethyl adjacent to an activating group) is 1. The molecule has 0 bridgehead atoms. The minimum absolute atomic E-state index is 0. The summed E-state index contributed by atoms with van der Waals surface area (Å²) in [4.78, 5) is 13.9. The Bertz CT molecular complexity index is 783. The van der Waals surface area contributed by atoms with Crippen LogP contribution in [0.1, 0.15) is 18.9 Å². The number of halogens is 1. The summed E-state index contributed by atoms with van der Waals surface area (Å²) in [5.41, 5.74) is 2.17. The molecule has 2 N–H and O–H groups in total. The Hall–Kier alpha value is -1.65. The van der Waals surface area contributed by atoms with Gasteiger partial charge in [0.25, 0.3) is 0 Å². The normalized spacial score (nSPS) is 11.5. The largest absolute Gasteiger partial charge is 0.385 e. The Morgan fingerprint density at radius 3 is 2.60 bits per heavy atom. The van der Waals surface area contributed by atoms with E-state index in [4.69, 9.17) is 14.7 Å². The number of methoxy groups -OCH3 is 1. The van der Waals surface area contributed by atoms with Gasteiger partial charge in [0, 0.05) is 59.4 Å². The first kappa shape index (κ1) is 26.4. The molecule has 0 aliphatic rings. The van der Waals surface area contributed by atoms with Crippen molar-refractivity contribution < 1.29 is 4.74 Å². The second kappa shape index (κ2) is 14.4. The maximum atomic E-state index is 5.12. The highest BCUT2D eigenvalue weighted by Crippen LogP contribution is 2.22. The van der Waals surface area contributed by atoms with E-state index in [9.17, 15) is 0 Å². The average molecular weight is 528 g/mol. The van der Waals surface area contributed by atoms with Crippen molar-refractivity contribution in [2.45, 2.75) is 19.9 Å². The first-order valence-electron chi connectivity index (χ1n) is 10.3. The topological polar surface area (TPSA) is 65.0 Å². The molecule has 1 heterocycles. The first-order valence-corrected chi connectivity index (χ1v) is 10.3. The Morgan fingerprint density at radius 1 is 1.13 bits per heavy atom. The van der Waals surface area contributed by atoms with Crippen LogP contribution in [0.15, 0.2) is 35.3 Å². The number of ether oxygens (including phenoxy) is 1. The van der Waals surface area contributed by atoms with Gasteiger partial charge in [-0.1, -0.05) is 18.2 Å². The van der Waals surface area contributed by atoms with E-state index in [1.807, 2.05) is 25.1 Å². The minimum Gasteiger partial charge on any atom is -0.385 e. The number of fused-ring (bicyclic) bond motifs is 1. The molecule has 8 heteroatoms. The van der Waals surface area contributed by atoms with Crippen molar-refractivity contribution in [3.8, 4) is 0 Å². The van der Waals surface area contributed by atoms with Crippen molar-refractivity contribution in [2.75, 3.05) is 65.9 Å². The van der Waals surface area contributed by atoms with Gasteiger partial charge in [-0.05, 0) is 38.1 Å². The lowest BCUT2D eigenvalue weighted by molar-refractivity contribution is 0.180. The number of para-hydroxylation sites is 1. The molecule has 7 nitrogen and oxygen atoms in total. The second-order valence-corrected chi connectivity index (χ2v) is 7.32. The minimum atomic E-state index is 0. The van der Waals surface area contributed by atoms with Gasteiger partial charge in [-0.15, -0.1) is 24.0 Å². The highest BCUT2D eigenvalue weighted by molar-refractivity contribution is 14.0. The zero-order chi connectivity index (χ0) is 21.1. The molecule has 0 aliphatic heterocycles. The molecular weight excluding hydrogens is 491 g/mol. The van der Waals surface area contributed by atoms with E-state index in [1.165, 1.54) is 5.56 Å². The number of pyridine rings is 1. The molecule has 0 radical (unpaired) electrons. The monoisotopic (exact) mass is 528 g/mol. The number of rotatable bonds is 11. The molecule has 30 heavy (non-hydrogen) atoms. The van der Waals surface area contributed by atoms with Crippen LogP contribution in [0.3, 0.4) is 0 Å². The van der Waals surface area contributed by atoms with Gasteiger partial charge in [0.1, 0.15) is 5.82 Å². The lowest BCUT2D eigenvalue weighted by Crippen LogP contribution is -2.41. The number of anilines is 1. The van der Waals surface area contributed by atoms with Gasteiger partial charge in [0.15, 0.2) is 5.96 Å². The van der Waals surface area contributed by atoms with Crippen molar-refractivity contribution in [3.05, 3.63) is 35.9 Å². The highest BCUT2D eigenvalue weighted by Gasteiger charge is 2.07. The van der Waals surface area contributed by atoms with E-state index < -0.39 is 0 Å². The summed E-state index contributed by atoms with van der Waals surface area (Å²) in [6.07, 6.45) is 1.05. The number of hydrogen-bond acceptors (Lipinski definition) is 5. The summed E-state index contributed by atoms with van der Waals surface area (Å²) in [7, 11) is 7.90. The predicted octanol–water partition coefficient (Wildman–Crippen LogP) is 2.94. The van der Waals surface area contributed by atoms with Crippen LogP contribution in [0.25, 0.3) is 10.9 Å². The number of nitrogens with one attached hydrogen (secondary N) is 2. The number of hydrogen-bond donors (Lipinski definition) is 2. The summed E-state index contributed by atoms with van der Waals surface area (Å²) in [5.74, 6) is 1.79. The SMILES string of the molecule is CCNC(=NCc1cc(N(C)C)nc2ccccc12)NCCN(C)CCCOC.I. The molecule has 0 spiro atoms. The molecule has 0 saturated heterocycles. The summed E-state index contributed by atoms with van der Waals surface area (Å²) >= 11 is 0. The summed E-state index contributed by atoms with van der Waals surface area (Å²) in [6.45, 7) is 7.14. The fourth-order valence-electron chi connectivity index (χ4n) is 3.05. The van der Waals surface area contributed by atoms with Gasteiger partial charge in [-0.25, -0.2) is 9.98 Å². The number of aliphatic imine (C=N–C) groups is 1. The fourth-order valence-corrected chi connectivity index (χ4v) is 3.05. The molecule has 2 rings (SSSR count). The van der Waals surface area contributed by atoms with Gasteiger partial charge < -0.3 is 25.2 Å². The maximum absolute atomic E-state index is 5.12. The molecule has 0 aliphatic carbocycles. The second-order valence-electron chi connectivity index (χ2n) is 7.32. The van der Waals surface area contributed by atoms with Gasteiger partial charge >= 0.3 is 0 Å². The number of aromatic nitrogens is 1. The third kappa shape index (κ3) is 8.61. The lowest BCUT2D eigenvalue weighted by atomic mass is 10.1. The number of guanidine groups is 1. The maximum Gasteiger partial charge on any atom is 0.191 e. The van der Waals surface area contributed by atoms with Crippen molar-refractivity contribution in [3.63, 3.8) is 0 Å². The fraction of sp³-hybridized carbons (Fsp3) is 0.545. The van der Waals surface area contributed by atoms with E-state index >= 15 is 0 Å². The Balaban J connectivity index is 0.00000450. The smallest absolute Gasteiger partial charge is 0.191 e. The zero-order valence-electron chi connectivity index (χ0n) is 18.9. The van der Waals surface area contributed by atoms with Crippen molar-refractivity contribution in [1.29, 1.82) is 0 Å². The molecule has 1 aromatic heterocycles. The van der Waals surface area contributed by atoms with E-state index in [0.717, 1.165) is 61.9 Å². The Morgan fingerprint density at radius 2 is 1.90 bits per heavy atom. The van der Waals surface area contributed by atoms with Gasteiger partial charge in [0.05, 0.1) is 12.1 Å². The molecule has 168 valence electrons. The van der Waals surface area contributed by atoms with Crippen LogP contribution < -0.4 is 15.5 Å². The first-order chi connectivity index (χ1) is 14.0. The quantitative estimate of drug-likeness (QED) is 0.203. The van der Waals surface area contributed by atoms with Gasteiger partial charge in [-0.3, -0.25) is 0 Å². The van der Waals surface area contributed by atoms with Crippen LogP contribution in [0.4, 0.5) is 5.82 Å². The summed E-state index contributed by atoms with van der Waals surface area (Å²) < 4.78 is 5.12. The van der Waals surface area contributed by atoms with Crippen LogP contribution in [-0.4, -0.2) is 76.9 Å². The van der Waals surface area contributed by atoms with E-state index in [-0.39, 0.29) is 24.0 Å². The number of benzene rings is 1. The van der Waals surface area contributed by atoms with E-state index in [2.05, 4.69) is 53.8 Å². The third-order valence-electron chi connectivity index (χ3n) is 4.67. The zero-order valence-corrected chi connectivity index (χ0v) is 21.3. The van der Waals surface area contributed by atoms with E-state index in [0.29, 0.717) is 6.54 Å². The molecule has 2 aromatic rings. The van der Waals surface area contributed by atoms with Crippen molar-refractivity contribution in [1.82, 2.24) is 20.5 Å². The summed E-state index contributed by atoms with van der Waals surface area (Å²) in [5, 5.41) is 7.92. The molecule has 0 saturated carbocycles. The van der Waals surface area contributed by atoms with E-state index in [1.54, 1.807) is 7.11 Å². The lowest BCUT2D eigenvalue weighted by Gasteiger charge is -2.18. The molecular formula is C22H37IN6O. The Kier molecular flexibility index (Phi) is 12.6. The Labute approximate surface area is 198 Å². The van der Waals surface area contributed by atoms with Gasteiger partial charge in [-0.2, -0.15) is 0 Å². The number of nitrogens with zero attached hydrogens (tertiary/aromatic N) is 4. The summed E-state index contributed by atoms with van der Waals surface area (Å²) in [6, 6.07) is 10.4. The molecule has 0 atom stereocenters. The van der Waals surface area contributed by atoms with Crippen LogP contribution in [0.5, 0.6) is 0 Å². The van der Waals surface area contributed by atoms with Crippen LogP contribution in [0.2, 0.25) is 0 Å². The van der Waals surface area contributed by atoms with Crippen LogP contribution >= 0.6 is 24.0 Å². The van der Waals surface area contributed by atoms with Crippen LogP contribution in [0, 0.1) is 0 Å².